The number of aryl methyl sites for hydroxylation is 1. The summed E-state index contributed by atoms with van der Waals surface area (Å²) in [6.45, 7) is 5.33. The van der Waals surface area contributed by atoms with Gasteiger partial charge in [0.05, 0.1) is 35.3 Å². The van der Waals surface area contributed by atoms with E-state index in [9.17, 15) is 4.79 Å². The van der Waals surface area contributed by atoms with Crippen molar-refractivity contribution >= 4 is 28.4 Å². The van der Waals surface area contributed by atoms with Gasteiger partial charge in [0, 0.05) is 56.6 Å². The van der Waals surface area contributed by atoms with E-state index < -0.39 is 11.9 Å². The van der Waals surface area contributed by atoms with E-state index in [4.69, 9.17) is 15.7 Å². The summed E-state index contributed by atoms with van der Waals surface area (Å²) in [5.41, 5.74) is 10.2. The van der Waals surface area contributed by atoms with Gasteiger partial charge in [0.15, 0.2) is 11.5 Å². The van der Waals surface area contributed by atoms with E-state index >= 15 is 0 Å². The molecule has 1 aliphatic rings. The van der Waals surface area contributed by atoms with Crippen molar-refractivity contribution in [2.75, 3.05) is 36.8 Å². The number of aromatic nitrogens is 7. The summed E-state index contributed by atoms with van der Waals surface area (Å²) in [7, 11) is 1.82. The van der Waals surface area contributed by atoms with Crippen molar-refractivity contribution in [3.8, 4) is 22.6 Å². The summed E-state index contributed by atoms with van der Waals surface area (Å²) in [5.74, 6) is 0.340. The van der Waals surface area contributed by atoms with Crippen LogP contribution in [-0.2, 0) is 7.05 Å². The predicted octanol–water partition coefficient (Wildman–Crippen LogP) is 2.37. The molecular formula is C28H29N11O. The number of pyridine rings is 1. The number of amides is 1. The van der Waals surface area contributed by atoms with Crippen molar-refractivity contribution in [2.24, 2.45) is 7.05 Å². The van der Waals surface area contributed by atoms with Gasteiger partial charge < -0.3 is 21.3 Å². The Hall–Kier alpha value is -4.97. The zero-order valence-electron chi connectivity index (χ0n) is 22.2. The molecule has 40 heavy (non-hydrogen) atoms. The molecule has 1 amide bonds. The minimum atomic E-state index is -0.455. The average Bonchev–Trinajstić information content (AvgIpc) is 3.43. The van der Waals surface area contributed by atoms with Crippen molar-refractivity contribution < 1.29 is 4.79 Å². The van der Waals surface area contributed by atoms with Gasteiger partial charge in [-0.3, -0.25) is 19.4 Å². The van der Waals surface area contributed by atoms with Crippen LogP contribution in [0.25, 0.3) is 33.5 Å². The monoisotopic (exact) mass is 535 g/mol. The number of nitrogens with zero attached hydrogens (tertiary/aromatic N) is 8. The number of nitrogen functional groups attached to an aromatic ring is 1. The first kappa shape index (κ1) is 25.3. The molecule has 1 aromatic carbocycles. The fourth-order valence-electron chi connectivity index (χ4n) is 4.72. The summed E-state index contributed by atoms with van der Waals surface area (Å²) < 4.78 is 1.68. The number of benzene rings is 1. The SMILES string of the molecule is CC(NC(=O)c1nc(-c2ccc3ncccc3c2)c(-c2ccn(C)n2)nc1N)c1cncc(N2CCNCC2)n1. The number of piperazine rings is 1. The number of anilines is 2. The van der Waals surface area contributed by atoms with Crippen molar-refractivity contribution in [3.05, 3.63) is 72.6 Å². The highest BCUT2D eigenvalue weighted by Crippen LogP contribution is 2.31. The maximum absolute atomic E-state index is 13.5. The van der Waals surface area contributed by atoms with Gasteiger partial charge in [0.1, 0.15) is 17.2 Å². The van der Waals surface area contributed by atoms with E-state index in [2.05, 4.69) is 35.6 Å². The highest BCUT2D eigenvalue weighted by Gasteiger charge is 2.23. The molecule has 4 N–H and O–H groups in total. The quantitative estimate of drug-likeness (QED) is 0.295. The molecule has 0 radical (unpaired) electrons. The topological polar surface area (TPSA) is 153 Å². The molecule has 0 bridgehead atoms. The van der Waals surface area contributed by atoms with Crippen molar-refractivity contribution in [1.29, 1.82) is 0 Å². The smallest absolute Gasteiger partial charge is 0.274 e. The predicted molar refractivity (Wildman–Crippen MR) is 152 cm³/mol. The molecule has 0 aliphatic carbocycles. The molecule has 0 saturated carbocycles. The van der Waals surface area contributed by atoms with Crippen LogP contribution in [0.15, 0.2) is 61.2 Å². The molecule has 5 aromatic rings. The van der Waals surface area contributed by atoms with Crippen molar-refractivity contribution in [1.82, 2.24) is 45.3 Å². The second kappa shape index (κ2) is 10.7. The molecule has 12 heteroatoms. The molecular weight excluding hydrogens is 506 g/mol. The summed E-state index contributed by atoms with van der Waals surface area (Å²) in [6.07, 6.45) is 6.97. The zero-order valence-corrected chi connectivity index (χ0v) is 22.2. The number of rotatable bonds is 6. The van der Waals surface area contributed by atoms with Crippen LogP contribution in [0.4, 0.5) is 11.6 Å². The van der Waals surface area contributed by atoms with Crippen LogP contribution in [0.3, 0.4) is 0 Å². The standard InChI is InChI=1S/C28H29N11O/c1-17(22-15-31-16-23(34-22)39-12-9-30-10-13-39)33-28(40)26-27(29)36-25(21-7-11-38(2)37-21)24(35-26)19-5-6-20-18(14-19)4-3-8-32-20/h3-8,11,14-17,30H,9-10,12-13H2,1-2H3,(H2,29,36)(H,33,40). The fraction of sp³-hybridized carbons (Fsp3) is 0.250. The van der Waals surface area contributed by atoms with E-state index in [0.717, 1.165) is 48.5 Å². The van der Waals surface area contributed by atoms with Crippen LogP contribution in [0.5, 0.6) is 0 Å². The number of carbonyl (C=O) groups excluding carboxylic acids is 1. The molecule has 1 atom stereocenters. The highest BCUT2D eigenvalue weighted by molar-refractivity contribution is 5.98. The van der Waals surface area contributed by atoms with Gasteiger partial charge in [-0.15, -0.1) is 0 Å². The maximum Gasteiger partial charge on any atom is 0.274 e. The van der Waals surface area contributed by atoms with Crippen LogP contribution in [0, 0.1) is 0 Å². The molecule has 1 fully saturated rings. The third-order valence-electron chi connectivity index (χ3n) is 6.84. The third-order valence-corrected chi connectivity index (χ3v) is 6.84. The van der Waals surface area contributed by atoms with Crippen LogP contribution < -0.4 is 21.3 Å². The molecule has 6 rings (SSSR count). The first-order valence-corrected chi connectivity index (χ1v) is 13.1. The lowest BCUT2D eigenvalue weighted by Gasteiger charge is -2.28. The van der Waals surface area contributed by atoms with Gasteiger partial charge in [0.2, 0.25) is 0 Å². The first-order chi connectivity index (χ1) is 19.5. The van der Waals surface area contributed by atoms with Crippen LogP contribution in [0.2, 0.25) is 0 Å². The molecule has 5 heterocycles. The van der Waals surface area contributed by atoms with Crippen LogP contribution in [0.1, 0.15) is 29.1 Å². The number of hydrogen-bond donors (Lipinski definition) is 3. The van der Waals surface area contributed by atoms with Gasteiger partial charge >= 0.3 is 0 Å². The molecule has 4 aromatic heterocycles. The Morgan fingerprint density at radius 3 is 2.73 bits per heavy atom. The summed E-state index contributed by atoms with van der Waals surface area (Å²) in [5, 5.41) is 11.7. The molecule has 12 nitrogen and oxygen atoms in total. The van der Waals surface area contributed by atoms with E-state index in [1.54, 1.807) is 23.3 Å². The Morgan fingerprint density at radius 1 is 1.07 bits per heavy atom. The van der Waals surface area contributed by atoms with Crippen molar-refractivity contribution in [3.63, 3.8) is 0 Å². The Kier molecular flexibility index (Phi) is 6.74. The Bertz CT molecular complexity index is 1690. The minimum absolute atomic E-state index is 0.0113. The Balaban J connectivity index is 1.34. The lowest BCUT2D eigenvalue weighted by molar-refractivity contribution is 0.0935. The number of fused-ring (bicyclic) bond motifs is 1. The third kappa shape index (κ3) is 5.04. The van der Waals surface area contributed by atoms with Gasteiger partial charge in [-0.05, 0) is 31.2 Å². The normalized spacial score (nSPS) is 14.3. The fourth-order valence-corrected chi connectivity index (χ4v) is 4.72. The Labute approximate surface area is 230 Å². The number of hydrogen-bond acceptors (Lipinski definition) is 10. The zero-order chi connectivity index (χ0) is 27.6. The van der Waals surface area contributed by atoms with E-state index in [1.807, 2.05) is 56.6 Å². The van der Waals surface area contributed by atoms with Gasteiger partial charge in [-0.1, -0.05) is 12.1 Å². The van der Waals surface area contributed by atoms with Crippen LogP contribution in [-0.4, -0.2) is 66.8 Å². The average molecular weight is 536 g/mol. The lowest BCUT2D eigenvalue weighted by Crippen LogP contribution is -2.44. The number of carbonyl (C=O) groups is 1. The second-order valence-electron chi connectivity index (χ2n) is 9.67. The largest absolute Gasteiger partial charge is 0.382 e. The van der Waals surface area contributed by atoms with Gasteiger partial charge in [-0.2, -0.15) is 5.10 Å². The Morgan fingerprint density at radius 2 is 1.93 bits per heavy atom. The lowest BCUT2D eigenvalue weighted by atomic mass is 10.0. The summed E-state index contributed by atoms with van der Waals surface area (Å²) >= 11 is 0. The summed E-state index contributed by atoms with van der Waals surface area (Å²) in [6, 6.07) is 11.0. The molecule has 1 unspecified atom stereocenters. The molecule has 1 aliphatic heterocycles. The molecule has 1 saturated heterocycles. The summed E-state index contributed by atoms with van der Waals surface area (Å²) in [4.78, 5) is 38.5. The number of nitrogens with two attached hydrogens (primary N) is 1. The van der Waals surface area contributed by atoms with Gasteiger partial charge in [0.25, 0.3) is 5.91 Å². The molecule has 0 spiro atoms. The van der Waals surface area contributed by atoms with E-state index in [0.29, 0.717) is 22.8 Å². The minimum Gasteiger partial charge on any atom is -0.382 e. The first-order valence-electron chi connectivity index (χ1n) is 13.1. The highest BCUT2D eigenvalue weighted by atomic mass is 16.2. The van der Waals surface area contributed by atoms with E-state index in [1.165, 1.54) is 0 Å². The van der Waals surface area contributed by atoms with E-state index in [-0.39, 0.29) is 11.5 Å². The number of nitrogens with one attached hydrogen (secondary N) is 2. The maximum atomic E-state index is 13.5. The van der Waals surface area contributed by atoms with Gasteiger partial charge in [-0.25, -0.2) is 15.0 Å². The van der Waals surface area contributed by atoms with Crippen molar-refractivity contribution in [2.45, 2.75) is 13.0 Å². The second-order valence-corrected chi connectivity index (χ2v) is 9.67. The molecule has 202 valence electrons. The van der Waals surface area contributed by atoms with Crippen LogP contribution >= 0.6 is 0 Å².